The predicted molar refractivity (Wildman–Crippen MR) is 104 cm³/mol. The van der Waals surface area contributed by atoms with E-state index in [-0.39, 0.29) is 5.97 Å². The minimum absolute atomic E-state index is 0.371. The predicted octanol–water partition coefficient (Wildman–Crippen LogP) is 0.773. The maximum atomic E-state index is 11.5. The summed E-state index contributed by atoms with van der Waals surface area (Å²) in [5.74, 6) is -0.371. The van der Waals surface area contributed by atoms with Crippen LogP contribution in [-0.2, 0) is 22.3 Å². The van der Waals surface area contributed by atoms with Gasteiger partial charge in [0.1, 0.15) is 30.5 Å². The lowest BCUT2D eigenvalue weighted by Gasteiger charge is -2.40. The SMILES string of the molecule is COC(=O)c1ccc(CCc2cccc([C@H]3O[C@H](CO)[C@@H](O)[C@H](O)[C@@H]3O)c2)cc1. The van der Waals surface area contributed by atoms with E-state index in [1.807, 2.05) is 30.3 Å². The molecule has 5 atom stereocenters. The zero-order chi connectivity index (χ0) is 21.0. The first-order chi connectivity index (χ1) is 13.9. The Morgan fingerprint density at radius 3 is 2.31 bits per heavy atom. The molecule has 1 fully saturated rings. The number of benzene rings is 2. The van der Waals surface area contributed by atoms with E-state index in [0.29, 0.717) is 11.1 Å². The third kappa shape index (κ3) is 4.83. The third-order valence-corrected chi connectivity index (χ3v) is 5.25. The fourth-order valence-corrected chi connectivity index (χ4v) is 3.52. The van der Waals surface area contributed by atoms with Crippen LogP contribution in [0.1, 0.15) is 33.2 Å². The Morgan fingerprint density at radius 1 is 0.966 bits per heavy atom. The Hall–Kier alpha value is -2.29. The second kappa shape index (κ2) is 9.47. The van der Waals surface area contributed by atoms with E-state index >= 15 is 0 Å². The second-order valence-corrected chi connectivity index (χ2v) is 7.18. The van der Waals surface area contributed by atoms with Gasteiger partial charge in [0.25, 0.3) is 0 Å². The number of methoxy groups -OCH3 is 1. The van der Waals surface area contributed by atoms with Crippen molar-refractivity contribution in [3.63, 3.8) is 0 Å². The maximum Gasteiger partial charge on any atom is 0.337 e. The molecule has 2 aromatic rings. The maximum absolute atomic E-state index is 11.5. The monoisotopic (exact) mass is 402 g/mol. The molecule has 2 aromatic carbocycles. The van der Waals surface area contributed by atoms with Crippen molar-refractivity contribution in [1.82, 2.24) is 0 Å². The topological polar surface area (TPSA) is 116 Å². The molecule has 0 spiro atoms. The molecule has 29 heavy (non-hydrogen) atoms. The number of aliphatic hydroxyl groups excluding tert-OH is 4. The standard InChI is InChI=1S/C22H26O7/c1-28-22(27)15-9-7-13(8-10-15)5-6-14-3-2-4-16(11-14)21-20(26)19(25)18(24)17(12-23)29-21/h2-4,7-11,17-21,23-26H,5-6,12H2,1H3/t17-,18-,19+,20+,21-/m1/s1. The van der Waals surface area contributed by atoms with Gasteiger partial charge in [-0.25, -0.2) is 4.79 Å². The molecule has 0 bridgehead atoms. The van der Waals surface area contributed by atoms with E-state index in [4.69, 9.17) is 9.47 Å². The van der Waals surface area contributed by atoms with Gasteiger partial charge >= 0.3 is 5.97 Å². The summed E-state index contributed by atoms with van der Waals surface area (Å²) in [6.07, 6.45) is -4.37. The lowest BCUT2D eigenvalue weighted by atomic mass is 9.90. The number of carbonyl (C=O) groups excluding carboxylic acids is 1. The van der Waals surface area contributed by atoms with E-state index in [1.165, 1.54) is 7.11 Å². The van der Waals surface area contributed by atoms with Gasteiger partial charge in [0.05, 0.1) is 19.3 Å². The highest BCUT2D eigenvalue weighted by atomic mass is 16.5. The number of aliphatic hydroxyl groups is 4. The second-order valence-electron chi connectivity index (χ2n) is 7.18. The number of carbonyl (C=O) groups is 1. The molecule has 0 aliphatic carbocycles. The van der Waals surface area contributed by atoms with Crippen molar-refractivity contribution in [2.24, 2.45) is 0 Å². The van der Waals surface area contributed by atoms with E-state index in [1.54, 1.807) is 18.2 Å². The molecule has 0 saturated carbocycles. The quantitative estimate of drug-likeness (QED) is 0.528. The van der Waals surface area contributed by atoms with Crippen molar-refractivity contribution >= 4 is 5.97 Å². The first kappa shape index (κ1) is 21.4. The highest BCUT2D eigenvalue weighted by Crippen LogP contribution is 2.32. The summed E-state index contributed by atoms with van der Waals surface area (Å²) in [5.41, 5.74) is 3.24. The molecular formula is C22H26O7. The number of hydrogen-bond acceptors (Lipinski definition) is 7. The van der Waals surface area contributed by atoms with E-state index < -0.39 is 37.1 Å². The highest BCUT2D eigenvalue weighted by molar-refractivity contribution is 5.89. The summed E-state index contributed by atoms with van der Waals surface area (Å²) in [6.45, 7) is -0.456. The molecule has 0 amide bonds. The van der Waals surface area contributed by atoms with Crippen molar-refractivity contribution in [3.8, 4) is 0 Å². The number of hydrogen-bond donors (Lipinski definition) is 4. The molecule has 156 valence electrons. The van der Waals surface area contributed by atoms with Crippen LogP contribution in [-0.4, -0.2) is 64.5 Å². The van der Waals surface area contributed by atoms with Crippen molar-refractivity contribution in [3.05, 3.63) is 70.8 Å². The van der Waals surface area contributed by atoms with Crippen molar-refractivity contribution in [1.29, 1.82) is 0 Å². The van der Waals surface area contributed by atoms with Gasteiger partial charge in [0, 0.05) is 0 Å². The van der Waals surface area contributed by atoms with E-state index in [0.717, 1.165) is 24.0 Å². The zero-order valence-corrected chi connectivity index (χ0v) is 16.1. The Bertz CT molecular complexity index is 818. The molecule has 0 radical (unpaired) electrons. The molecule has 1 aliphatic rings. The van der Waals surface area contributed by atoms with Gasteiger partial charge in [-0.1, -0.05) is 36.4 Å². The van der Waals surface area contributed by atoms with Gasteiger partial charge in [-0.2, -0.15) is 0 Å². The molecular weight excluding hydrogens is 376 g/mol. The van der Waals surface area contributed by atoms with Crippen LogP contribution in [0.2, 0.25) is 0 Å². The summed E-state index contributed by atoms with van der Waals surface area (Å²) in [7, 11) is 1.35. The van der Waals surface area contributed by atoms with Gasteiger partial charge in [-0.15, -0.1) is 0 Å². The Balaban J connectivity index is 1.68. The number of ether oxygens (including phenoxy) is 2. The normalized spacial score (nSPS) is 26.9. The first-order valence-corrected chi connectivity index (χ1v) is 9.51. The van der Waals surface area contributed by atoms with Gasteiger partial charge in [-0.3, -0.25) is 0 Å². The van der Waals surface area contributed by atoms with Gasteiger partial charge < -0.3 is 29.9 Å². The zero-order valence-electron chi connectivity index (χ0n) is 16.1. The summed E-state index contributed by atoms with van der Waals surface area (Å²) in [5, 5.41) is 39.6. The van der Waals surface area contributed by atoms with Gasteiger partial charge in [-0.05, 0) is 41.7 Å². The van der Waals surface area contributed by atoms with Crippen LogP contribution >= 0.6 is 0 Å². The molecule has 7 heteroatoms. The summed E-state index contributed by atoms with van der Waals surface area (Å²) in [4.78, 5) is 11.5. The molecule has 1 aliphatic heterocycles. The average molecular weight is 402 g/mol. The molecule has 0 unspecified atom stereocenters. The van der Waals surface area contributed by atoms with Crippen molar-refractivity contribution in [2.45, 2.75) is 43.4 Å². The average Bonchev–Trinajstić information content (AvgIpc) is 2.76. The molecule has 3 rings (SSSR count). The van der Waals surface area contributed by atoms with Crippen LogP contribution in [0, 0.1) is 0 Å². The van der Waals surface area contributed by atoms with Crippen LogP contribution in [0.5, 0.6) is 0 Å². The molecule has 0 aromatic heterocycles. The molecule has 7 nitrogen and oxygen atoms in total. The number of aryl methyl sites for hydroxylation is 2. The van der Waals surface area contributed by atoms with E-state index in [9.17, 15) is 25.2 Å². The summed E-state index contributed by atoms with van der Waals surface area (Å²) >= 11 is 0. The van der Waals surface area contributed by atoms with Crippen molar-refractivity contribution in [2.75, 3.05) is 13.7 Å². The van der Waals surface area contributed by atoms with Crippen LogP contribution in [0.4, 0.5) is 0 Å². The summed E-state index contributed by atoms with van der Waals surface area (Å²) < 4.78 is 10.3. The minimum atomic E-state index is -1.40. The van der Waals surface area contributed by atoms with Crippen LogP contribution in [0.15, 0.2) is 48.5 Å². The lowest BCUT2D eigenvalue weighted by molar-refractivity contribution is -0.231. The highest BCUT2D eigenvalue weighted by Gasteiger charge is 2.43. The Morgan fingerprint density at radius 2 is 1.66 bits per heavy atom. The fourth-order valence-electron chi connectivity index (χ4n) is 3.52. The third-order valence-electron chi connectivity index (χ3n) is 5.25. The van der Waals surface area contributed by atoms with Crippen LogP contribution in [0.25, 0.3) is 0 Å². The van der Waals surface area contributed by atoms with Crippen molar-refractivity contribution < 1.29 is 34.7 Å². The largest absolute Gasteiger partial charge is 0.465 e. The molecule has 1 saturated heterocycles. The van der Waals surface area contributed by atoms with Gasteiger partial charge in [0.2, 0.25) is 0 Å². The fraction of sp³-hybridized carbons (Fsp3) is 0.409. The Kier molecular flexibility index (Phi) is 7.00. The lowest BCUT2D eigenvalue weighted by Crippen LogP contribution is -2.55. The molecule has 4 N–H and O–H groups in total. The molecule has 1 heterocycles. The van der Waals surface area contributed by atoms with Crippen LogP contribution in [0.3, 0.4) is 0 Å². The van der Waals surface area contributed by atoms with Gasteiger partial charge in [0.15, 0.2) is 0 Å². The number of rotatable bonds is 6. The van der Waals surface area contributed by atoms with Crippen LogP contribution < -0.4 is 0 Å². The smallest absolute Gasteiger partial charge is 0.337 e. The Labute approximate surface area is 169 Å². The minimum Gasteiger partial charge on any atom is -0.465 e. The summed E-state index contributed by atoms with van der Waals surface area (Å²) in [6, 6.07) is 14.7. The first-order valence-electron chi connectivity index (χ1n) is 9.51. The number of esters is 1. The van der Waals surface area contributed by atoms with E-state index in [2.05, 4.69) is 0 Å².